The molecule has 0 aromatic heterocycles. The van der Waals surface area contributed by atoms with E-state index in [1.54, 1.807) is 0 Å². The molecule has 0 heterocycles. The summed E-state index contributed by atoms with van der Waals surface area (Å²) in [4.78, 5) is 4.84. The van der Waals surface area contributed by atoms with Crippen LogP contribution in [-0.2, 0) is 4.84 Å². The average molecular weight is 133 g/mol. The first-order valence-electron chi connectivity index (χ1n) is 3.29. The van der Waals surface area contributed by atoms with Crippen molar-refractivity contribution in [3.05, 3.63) is 0 Å². The van der Waals surface area contributed by atoms with E-state index in [4.69, 9.17) is 9.94 Å². The molecule has 0 radical (unpaired) electrons. The van der Waals surface area contributed by atoms with Gasteiger partial charge in [-0.2, -0.15) is 5.48 Å². The van der Waals surface area contributed by atoms with Crippen LogP contribution in [0.5, 0.6) is 0 Å². The van der Waals surface area contributed by atoms with Crippen LogP contribution in [-0.4, -0.2) is 24.4 Å². The highest BCUT2D eigenvalue weighted by molar-refractivity contribution is 4.47. The van der Waals surface area contributed by atoms with E-state index in [1.807, 2.05) is 6.92 Å². The van der Waals surface area contributed by atoms with Crippen molar-refractivity contribution in [1.82, 2.24) is 5.48 Å². The lowest BCUT2D eigenvalue weighted by Gasteiger charge is -2.09. The lowest BCUT2D eigenvalue weighted by Crippen LogP contribution is -2.26. The quantitative estimate of drug-likeness (QED) is 0.418. The third kappa shape index (κ3) is 5.76. The van der Waals surface area contributed by atoms with Gasteiger partial charge in [-0.15, -0.1) is 0 Å². The van der Waals surface area contributed by atoms with Crippen LogP contribution in [0.4, 0.5) is 0 Å². The molecular weight excluding hydrogens is 118 g/mol. The van der Waals surface area contributed by atoms with Gasteiger partial charge in [-0.1, -0.05) is 6.92 Å². The van der Waals surface area contributed by atoms with E-state index in [0.717, 1.165) is 6.42 Å². The Balaban J connectivity index is 2.88. The first kappa shape index (κ1) is 8.88. The number of hydrogen-bond acceptors (Lipinski definition) is 3. The summed E-state index contributed by atoms with van der Waals surface area (Å²) in [5.41, 5.74) is 2.77. The molecule has 0 amide bonds. The first-order chi connectivity index (χ1) is 4.31. The Morgan fingerprint density at radius 2 is 2.33 bits per heavy atom. The van der Waals surface area contributed by atoms with Gasteiger partial charge in [0.1, 0.15) is 0 Å². The fourth-order valence-corrected chi connectivity index (χ4v) is 0.330. The van der Waals surface area contributed by atoms with Gasteiger partial charge >= 0.3 is 0 Å². The van der Waals surface area contributed by atoms with Gasteiger partial charge in [-0.05, 0) is 13.3 Å². The minimum Gasteiger partial charge on any atom is -0.394 e. The summed E-state index contributed by atoms with van der Waals surface area (Å²) in [6, 6.07) is 0.372. The summed E-state index contributed by atoms with van der Waals surface area (Å²) in [6.07, 6.45) is 1.03. The van der Waals surface area contributed by atoms with Crippen molar-refractivity contribution >= 4 is 0 Å². The molecule has 0 spiro atoms. The molecule has 1 atom stereocenters. The monoisotopic (exact) mass is 133 g/mol. The topological polar surface area (TPSA) is 41.5 Å². The highest BCUT2D eigenvalue weighted by Crippen LogP contribution is 1.85. The second-order valence-corrected chi connectivity index (χ2v) is 2.00. The Morgan fingerprint density at radius 1 is 1.67 bits per heavy atom. The highest BCUT2D eigenvalue weighted by atomic mass is 16.6. The predicted octanol–water partition coefficient (Wildman–Crippen LogP) is 0.298. The second-order valence-electron chi connectivity index (χ2n) is 2.00. The molecule has 0 rings (SSSR count). The minimum atomic E-state index is 0.0729. The van der Waals surface area contributed by atoms with Crippen molar-refractivity contribution in [2.75, 3.05) is 13.2 Å². The molecule has 56 valence electrons. The van der Waals surface area contributed by atoms with Gasteiger partial charge in [-0.3, -0.25) is 4.84 Å². The van der Waals surface area contributed by atoms with E-state index in [1.165, 1.54) is 0 Å². The lowest BCUT2D eigenvalue weighted by atomic mass is 10.3. The summed E-state index contributed by atoms with van der Waals surface area (Å²) >= 11 is 0. The molecule has 0 aliphatic heterocycles. The van der Waals surface area contributed by atoms with Crippen molar-refractivity contribution in [3.63, 3.8) is 0 Å². The minimum absolute atomic E-state index is 0.0729. The van der Waals surface area contributed by atoms with E-state index < -0.39 is 0 Å². The Labute approximate surface area is 56.0 Å². The Hall–Kier alpha value is -0.120. The highest BCUT2D eigenvalue weighted by Gasteiger charge is 1.94. The van der Waals surface area contributed by atoms with E-state index in [0.29, 0.717) is 12.6 Å². The van der Waals surface area contributed by atoms with E-state index in [9.17, 15) is 0 Å². The zero-order valence-electron chi connectivity index (χ0n) is 6.05. The van der Waals surface area contributed by atoms with Crippen LogP contribution in [0, 0.1) is 0 Å². The van der Waals surface area contributed by atoms with Crippen molar-refractivity contribution in [2.24, 2.45) is 0 Å². The molecule has 9 heavy (non-hydrogen) atoms. The van der Waals surface area contributed by atoms with Crippen LogP contribution < -0.4 is 5.48 Å². The van der Waals surface area contributed by atoms with Crippen LogP contribution >= 0.6 is 0 Å². The summed E-state index contributed by atoms with van der Waals surface area (Å²) in [6.45, 7) is 4.53. The van der Waals surface area contributed by atoms with Gasteiger partial charge < -0.3 is 5.11 Å². The van der Waals surface area contributed by atoms with E-state index >= 15 is 0 Å². The molecule has 0 aliphatic carbocycles. The number of rotatable bonds is 5. The summed E-state index contributed by atoms with van der Waals surface area (Å²) < 4.78 is 0. The molecule has 1 unspecified atom stereocenters. The fraction of sp³-hybridized carbons (Fsp3) is 1.00. The lowest BCUT2D eigenvalue weighted by molar-refractivity contribution is -0.000521. The first-order valence-corrected chi connectivity index (χ1v) is 3.29. The fourth-order valence-electron chi connectivity index (χ4n) is 0.330. The average Bonchev–Trinajstić information content (AvgIpc) is 1.89. The van der Waals surface area contributed by atoms with E-state index in [2.05, 4.69) is 12.4 Å². The third-order valence-corrected chi connectivity index (χ3v) is 1.09. The van der Waals surface area contributed by atoms with Gasteiger partial charge in [0.2, 0.25) is 0 Å². The van der Waals surface area contributed by atoms with Crippen molar-refractivity contribution in [3.8, 4) is 0 Å². The molecule has 0 saturated carbocycles. The standard InChI is InChI=1S/C6H15NO2/c1-3-6(2)7-9-5-4-8/h6-8H,3-5H2,1-2H3. The number of hydrogen-bond donors (Lipinski definition) is 2. The number of nitrogens with one attached hydrogen (secondary N) is 1. The third-order valence-electron chi connectivity index (χ3n) is 1.09. The maximum absolute atomic E-state index is 8.29. The Morgan fingerprint density at radius 3 is 2.78 bits per heavy atom. The molecule has 0 aliphatic rings. The van der Waals surface area contributed by atoms with Crippen molar-refractivity contribution < 1.29 is 9.94 Å². The number of aliphatic hydroxyl groups is 1. The predicted molar refractivity (Wildman–Crippen MR) is 35.9 cm³/mol. The summed E-state index contributed by atoms with van der Waals surface area (Å²) in [5, 5.41) is 8.29. The molecule has 0 aromatic carbocycles. The Bertz CT molecular complexity index is 59.0. The summed E-state index contributed by atoms with van der Waals surface area (Å²) in [5.74, 6) is 0. The molecule has 3 heteroatoms. The van der Waals surface area contributed by atoms with E-state index in [-0.39, 0.29) is 6.61 Å². The molecule has 0 aromatic rings. The SMILES string of the molecule is CCC(C)NOCCO. The molecule has 2 N–H and O–H groups in total. The van der Waals surface area contributed by atoms with Crippen molar-refractivity contribution in [2.45, 2.75) is 26.3 Å². The molecule has 0 fully saturated rings. The normalized spacial score (nSPS) is 13.7. The van der Waals surface area contributed by atoms with Gasteiger partial charge in [0.05, 0.1) is 13.2 Å². The number of hydroxylamine groups is 1. The molecule has 0 saturated heterocycles. The van der Waals surface area contributed by atoms with Gasteiger partial charge in [0.25, 0.3) is 0 Å². The van der Waals surface area contributed by atoms with Gasteiger partial charge in [0, 0.05) is 6.04 Å². The smallest absolute Gasteiger partial charge is 0.0913 e. The van der Waals surface area contributed by atoms with Gasteiger partial charge in [-0.25, -0.2) is 0 Å². The molecule has 0 bridgehead atoms. The zero-order chi connectivity index (χ0) is 7.11. The van der Waals surface area contributed by atoms with Crippen LogP contribution in [0.15, 0.2) is 0 Å². The molecule has 3 nitrogen and oxygen atoms in total. The van der Waals surface area contributed by atoms with Crippen LogP contribution in [0.3, 0.4) is 0 Å². The van der Waals surface area contributed by atoms with Crippen LogP contribution in [0.25, 0.3) is 0 Å². The zero-order valence-corrected chi connectivity index (χ0v) is 6.05. The second kappa shape index (κ2) is 6.01. The summed E-state index contributed by atoms with van der Waals surface area (Å²) in [7, 11) is 0. The Kier molecular flexibility index (Phi) is 5.93. The van der Waals surface area contributed by atoms with Crippen LogP contribution in [0.2, 0.25) is 0 Å². The molecular formula is C6H15NO2. The number of aliphatic hydroxyl groups excluding tert-OH is 1. The maximum Gasteiger partial charge on any atom is 0.0913 e. The van der Waals surface area contributed by atoms with Gasteiger partial charge in [0.15, 0.2) is 0 Å². The maximum atomic E-state index is 8.29. The largest absolute Gasteiger partial charge is 0.394 e. The van der Waals surface area contributed by atoms with Crippen molar-refractivity contribution in [1.29, 1.82) is 0 Å². The van der Waals surface area contributed by atoms with Crippen LogP contribution in [0.1, 0.15) is 20.3 Å².